The number of fused-ring (bicyclic) bond motifs is 1. The summed E-state index contributed by atoms with van der Waals surface area (Å²) in [4.78, 5) is 11.8. The molecule has 1 aromatic carbocycles. The first-order valence-electron chi connectivity index (χ1n) is 5.59. The van der Waals surface area contributed by atoms with Crippen LogP contribution in [0, 0.1) is 5.82 Å². The zero-order chi connectivity index (χ0) is 12.4. The van der Waals surface area contributed by atoms with Gasteiger partial charge in [0.15, 0.2) is 0 Å². The summed E-state index contributed by atoms with van der Waals surface area (Å²) in [5, 5.41) is 5.79. The second-order valence-corrected chi connectivity index (χ2v) is 3.95. The average Bonchev–Trinajstić information content (AvgIpc) is 2.62. The van der Waals surface area contributed by atoms with Gasteiger partial charge < -0.3 is 15.4 Å². The molecule has 1 atom stereocenters. The molecule has 17 heavy (non-hydrogen) atoms. The average molecular weight is 238 g/mol. The molecule has 0 saturated heterocycles. The largest absolute Gasteiger partial charge is 0.494 e. The first kappa shape index (κ1) is 11.9. The van der Waals surface area contributed by atoms with Gasteiger partial charge in [0.1, 0.15) is 17.6 Å². The lowest BCUT2D eigenvalue weighted by molar-refractivity contribution is -0.117. The van der Waals surface area contributed by atoms with E-state index in [1.807, 2.05) is 6.92 Å². The SMILES string of the molecule is CCCNC1C(=O)Nc2c(OC)cc(F)cc21. The lowest BCUT2D eigenvalue weighted by Gasteiger charge is -2.11. The summed E-state index contributed by atoms with van der Waals surface area (Å²) in [5.41, 5.74) is 1.17. The van der Waals surface area contributed by atoms with Crippen LogP contribution in [0.4, 0.5) is 10.1 Å². The fourth-order valence-electron chi connectivity index (χ4n) is 1.95. The molecule has 0 aromatic heterocycles. The number of hydrogen-bond donors (Lipinski definition) is 2. The highest BCUT2D eigenvalue weighted by molar-refractivity contribution is 6.04. The van der Waals surface area contributed by atoms with Crippen molar-refractivity contribution >= 4 is 11.6 Å². The van der Waals surface area contributed by atoms with E-state index in [0.29, 0.717) is 23.5 Å². The van der Waals surface area contributed by atoms with E-state index >= 15 is 0 Å². The van der Waals surface area contributed by atoms with Crippen LogP contribution in [0.25, 0.3) is 0 Å². The zero-order valence-electron chi connectivity index (χ0n) is 9.84. The fourth-order valence-corrected chi connectivity index (χ4v) is 1.95. The van der Waals surface area contributed by atoms with Crippen LogP contribution in [0.1, 0.15) is 24.9 Å². The number of halogens is 1. The van der Waals surface area contributed by atoms with E-state index in [1.54, 1.807) is 0 Å². The van der Waals surface area contributed by atoms with Crippen molar-refractivity contribution in [3.8, 4) is 5.75 Å². The van der Waals surface area contributed by atoms with E-state index in [2.05, 4.69) is 10.6 Å². The molecule has 1 heterocycles. The maximum Gasteiger partial charge on any atom is 0.246 e. The molecular weight excluding hydrogens is 223 g/mol. The Kier molecular flexibility index (Phi) is 3.28. The Morgan fingerprint density at radius 1 is 1.53 bits per heavy atom. The normalized spacial score (nSPS) is 17.8. The second-order valence-electron chi connectivity index (χ2n) is 3.95. The standard InChI is InChI=1S/C12H15FN2O2/c1-3-4-14-11-8-5-7(13)6-9(17-2)10(8)15-12(11)16/h5-6,11,14H,3-4H2,1-2H3,(H,15,16). The van der Waals surface area contributed by atoms with Gasteiger partial charge in [-0.25, -0.2) is 4.39 Å². The third kappa shape index (κ3) is 2.10. The number of ether oxygens (including phenoxy) is 1. The van der Waals surface area contributed by atoms with Crippen molar-refractivity contribution in [3.05, 3.63) is 23.5 Å². The van der Waals surface area contributed by atoms with Gasteiger partial charge in [-0.1, -0.05) is 6.92 Å². The molecule has 0 aliphatic carbocycles. The molecule has 1 unspecified atom stereocenters. The molecule has 0 bridgehead atoms. The topological polar surface area (TPSA) is 50.4 Å². The van der Waals surface area contributed by atoms with Crippen molar-refractivity contribution < 1.29 is 13.9 Å². The molecule has 0 radical (unpaired) electrons. The van der Waals surface area contributed by atoms with E-state index < -0.39 is 11.9 Å². The number of anilines is 1. The Morgan fingerprint density at radius 3 is 2.94 bits per heavy atom. The number of carbonyl (C=O) groups excluding carboxylic acids is 1. The van der Waals surface area contributed by atoms with Crippen LogP contribution in [-0.2, 0) is 4.79 Å². The van der Waals surface area contributed by atoms with Crippen LogP contribution in [0.5, 0.6) is 5.75 Å². The number of benzene rings is 1. The Labute approximate surface area is 99.2 Å². The number of amides is 1. The lowest BCUT2D eigenvalue weighted by Crippen LogP contribution is -2.28. The molecule has 0 fully saturated rings. The first-order valence-corrected chi connectivity index (χ1v) is 5.59. The molecule has 0 spiro atoms. The Morgan fingerprint density at radius 2 is 2.29 bits per heavy atom. The predicted octanol–water partition coefficient (Wildman–Crippen LogP) is 1.83. The van der Waals surface area contributed by atoms with E-state index in [0.717, 1.165) is 6.42 Å². The predicted molar refractivity (Wildman–Crippen MR) is 62.6 cm³/mol. The Balaban J connectivity index is 2.38. The van der Waals surface area contributed by atoms with E-state index in [-0.39, 0.29) is 5.91 Å². The molecule has 92 valence electrons. The number of hydrogen-bond acceptors (Lipinski definition) is 3. The monoisotopic (exact) mass is 238 g/mol. The van der Waals surface area contributed by atoms with Crippen molar-refractivity contribution in [2.75, 3.05) is 19.0 Å². The van der Waals surface area contributed by atoms with Gasteiger partial charge in [-0.2, -0.15) is 0 Å². The van der Waals surface area contributed by atoms with Crippen LogP contribution >= 0.6 is 0 Å². The molecule has 2 rings (SSSR count). The van der Waals surface area contributed by atoms with Crippen LogP contribution in [0.15, 0.2) is 12.1 Å². The summed E-state index contributed by atoms with van der Waals surface area (Å²) in [7, 11) is 1.45. The van der Waals surface area contributed by atoms with Gasteiger partial charge in [0.25, 0.3) is 0 Å². The molecule has 2 N–H and O–H groups in total. The maximum absolute atomic E-state index is 13.4. The van der Waals surface area contributed by atoms with Crippen molar-refractivity contribution in [1.82, 2.24) is 5.32 Å². The molecular formula is C12H15FN2O2. The van der Waals surface area contributed by atoms with Crippen molar-refractivity contribution in [1.29, 1.82) is 0 Å². The van der Waals surface area contributed by atoms with Gasteiger partial charge in [-0.3, -0.25) is 4.79 Å². The third-order valence-electron chi connectivity index (χ3n) is 2.74. The lowest BCUT2D eigenvalue weighted by atomic mass is 10.1. The summed E-state index contributed by atoms with van der Waals surface area (Å²) in [6.07, 6.45) is 0.908. The molecule has 1 aliphatic rings. The third-order valence-corrected chi connectivity index (χ3v) is 2.74. The summed E-state index contributed by atoms with van der Waals surface area (Å²) in [6, 6.07) is 2.14. The highest BCUT2D eigenvalue weighted by Crippen LogP contribution is 2.38. The highest BCUT2D eigenvalue weighted by Gasteiger charge is 2.32. The molecule has 0 saturated carbocycles. The smallest absolute Gasteiger partial charge is 0.246 e. The highest BCUT2D eigenvalue weighted by atomic mass is 19.1. The van der Waals surface area contributed by atoms with Crippen LogP contribution in [-0.4, -0.2) is 19.6 Å². The van der Waals surface area contributed by atoms with Gasteiger partial charge in [-0.15, -0.1) is 0 Å². The Bertz CT molecular complexity index is 448. The summed E-state index contributed by atoms with van der Waals surface area (Å²) >= 11 is 0. The zero-order valence-corrected chi connectivity index (χ0v) is 9.84. The summed E-state index contributed by atoms with van der Waals surface area (Å²) < 4.78 is 18.4. The number of methoxy groups -OCH3 is 1. The van der Waals surface area contributed by atoms with Gasteiger partial charge in [0, 0.05) is 11.6 Å². The van der Waals surface area contributed by atoms with Gasteiger partial charge >= 0.3 is 0 Å². The van der Waals surface area contributed by atoms with Gasteiger partial charge in [-0.05, 0) is 19.0 Å². The van der Waals surface area contributed by atoms with E-state index in [9.17, 15) is 9.18 Å². The second kappa shape index (κ2) is 4.71. The Hall–Kier alpha value is -1.62. The van der Waals surface area contributed by atoms with Crippen LogP contribution < -0.4 is 15.4 Å². The minimum absolute atomic E-state index is 0.169. The minimum atomic E-state index is -0.491. The molecule has 1 aromatic rings. The van der Waals surface area contributed by atoms with E-state index in [4.69, 9.17) is 4.74 Å². The number of nitrogens with one attached hydrogen (secondary N) is 2. The molecule has 1 amide bonds. The molecule has 1 aliphatic heterocycles. The number of carbonyl (C=O) groups is 1. The maximum atomic E-state index is 13.4. The van der Waals surface area contributed by atoms with Crippen LogP contribution in [0.3, 0.4) is 0 Å². The van der Waals surface area contributed by atoms with Crippen molar-refractivity contribution in [2.24, 2.45) is 0 Å². The van der Waals surface area contributed by atoms with Gasteiger partial charge in [0.05, 0.1) is 12.8 Å². The van der Waals surface area contributed by atoms with Crippen molar-refractivity contribution in [3.63, 3.8) is 0 Å². The van der Waals surface area contributed by atoms with Crippen LogP contribution in [0.2, 0.25) is 0 Å². The molecule has 5 heteroatoms. The fraction of sp³-hybridized carbons (Fsp3) is 0.417. The van der Waals surface area contributed by atoms with E-state index in [1.165, 1.54) is 19.2 Å². The first-order chi connectivity index (χ1) is 8.17. The number of rotatable bonds is 4. The summed E-state index contributed by atoms with van der Waals surface area (Å²) in [6.45, 7) is 2.71. The quantitative estimate of drug-likeness (QED) is 0.841. The molecule has 4 nitrogen and oxygen atoms in total. The van der Waals surface area contributed by atoms with Gasteiger partial charge in [0.2, 0.25) is 5.91 Å². The summed E-state index contributed by atoms with van der Waals surface area (Å²) in [5.74, 6) is -0.216. The van der Waals surface area contributed by atoms with Crippen molar-refractivity contribution in [2.45, 2.75) is 19.4 Å². The minimum Gasteiger partial charge on any atom is -0.494 e.